The van der Waals surface area contributed by atoms with Crippen molar-refractivity contribution in [3.63, 3.8) is 0 Å². The number of pyridine rings is 1. The van der Waals surface area contributed by atoms with E-state index in [0.29, 0.717) is 6.04 Å². The third kappa shape index (κ3) is 6.45. The van der Waals surface area contributed by atoms with Gasteiger partial charge in [-0.25, -0.2) is 0 Å². The Bertz CT molecular complexity index is 482. The van der Waals surface area contributed by atoms with Crippen LogP contribution in [0.4, 0.5) is 0 Å². The molecule has 1 saturated heterocycles. The zero-order valence-electron chi connectivity index (χ0n) is 15.3. The molecule has 1 aromatic heterocycles. The zero-order valence-corrected chi connectivity index (χ0v) is 15.3. The highest BCUT2D eigenvalue weighted by molar-refractivity contribution is 5.79. The van der Waals surface area contributed by atoms with Gasteiger partial charge < -0.3 is 15.5 Å². The van der Waals surface area contributed by atoms with Crippen LogP contribution in [0.15, 0.2) is 29.4 Å². The van der Waals surface area contributed by atoms with E-state index < -0.39 is 0 Å². The van der Waals surface area contributed by atoms with Gasteiger partial charge in [0.1, 0.15) is 0 Å². The SMILES string of the molecule is CCNC(=NCC(C)N1CCN(C)CC1)NCCc1ccccn1. The van der Waals surface area contributed by atoms with E-state index in [0.717, 1.165) is 63.9 Å². The van der Waals surface area contributed by atoms with Gasteiger partial charge in [0.05, 0.1) is 6.54 Å². The predicted molar refractivity (Wildman–Crippen MR) is 100 cm³/mol. The van der Waals surface area contributed by atoms with Gasteiger partial charge in [0.15, 0.2) is 5.96 Å². The summed E-state index contributed by atoms with van der Waals surface area (Å²) in [5, 5.41) is 6.73. The summed E-state index contributed by atoms with van der Waals surface area (Å²) in [4.78, 5) is 14.0. The van der Waals surface area contributed by atoms with E-state index in [9.17, 15) is 0 Å². The van der Waals surface area contributed by atoms with Gasteiger partial charge in [0.25, 0.3) is 0 Å². The van der Waals surface area contributed by atoms with Gasteiger partial charge in [0, 0.05) is 63.6 Å². The summed E-state index contributed by atoms with van der Waals surface area (Å²) < 4.78 is 0. The largest absolute Gasteiger partial charge is 0.357 e. The van der Waals surface area contributed by atoms with Crippen molar-refractivity contribution < 1.29 is 0 Å². The lowest BCUT2D eigenvalue weighted by molar-refractivity contribution is 0.122. The van der Waals surface area contributed by atoms with E-state index in [1.165, 1.54) is 0 Å². The summed E-state index contributed by atoms with van der Waals surface area (Å²) in [6.45, 7) is 11.5. The minimum absolute atomic E-state index is 0.477. The number of hydrogen-bond acceptors (Lipinski definition) is 4. The fourth-order valence-corrected chi connectivity index (χ4v) is 2.80. The molecule has 2 N–H and O–H groups in total. The Labute approximate surface area is 146 Å². The second-order valence-corrected chi connectivity index (χ2v) is 6.41. The smallest absolute Gasteiger partial charge is 0.191 e. The Morgan fingerprint density at radius 1 is 1.25 bits per heavy atom. The van der Waals surface area contributed by atoms with Gasteiger partial charge in [-0.3, -0.25) is 14.9 Å². The van der Waals surface area contributed by atoms with Crippen molar-refractivity contribution in [3.8, 4) is 0 Å². The predicted octanol–water partition coefficient (Wildman–Crippen LogP) is 0.815. The molecule has 1 fully saturated rings. The average molecular weight is 332 g/mol. The van der Waals surface area contributed by atoms with Crippen LogP contribution in [0.3, 0.4) is 0 Å². The molecular weight excluding hydrogens is 300 g/mol. The first-order valence-corrected chi connectivity index (χ1v) is 9.03. The highest BCUT2D eigenvalue weighted by Crippen LogP contribution is 2.05. The van der Waals surface area contributed by atoms with Crippen molar-refractivity contribution in [1.82, 2.24) is 25.4 Å². The average Bonchev–Trinajstić information content (AvgIpc) is 2.61. The molecule has 24 heavy (non-hydrogen) atoms. The highest BCUT2D eigenvalue weighted by Gasteiger charge is 2.18. The third-order valence-corrected chi connectivity index (χ3v) is 4.42. The van der Waals surface area contributed by atoms with Crippen LogP contribution in [0.5, 0.6) is 0 Å². The minimum Gasteiger partial charge on any atom is -0.357 e. The quantitative estimate of drug-likeness (QED) is 0.572. The number of piperazine rings is 1. The summed E-state index contributed by atoms with van der Waals surface area (Å²) in [6, 6.07) is 6.51. The van der Waals surface area contributed by atoms with Crippen LogP contribution < -0.4 is 10.6 Å². The number of nitrogens with one attached hydrogen (secondary N) is 2. The second kappa shape index (κ2) is 10.3. The molecule has 2 rings (SSSR count). The first-order valence-electron chi connectivity index (χ1n) is 9.03. The van der Waals surface area contributed by atoms with Crippen molar-refractivity contribution in [3.05, 3.63) is 30.1 Å². The Morgan fingerprint density at radius 2 is 2.04 bits per heavy atom. The number of aromatic nitrogens is 1. The van der Waals surface area contributed by atoms with Crippen molar-refractivity contribution in [2.75, 3.05) is 52.9 Å². The molecule has 6 nitrogen and oxygen atoms in total. The van der Waals surface area contributed by atoms with Crippen LogP contribution in [-0.2, 0) is 6.42 Å². The molecule has 6 heteroatoms. The number of aliphatic imine (C=N–C) groups is 1. The van der Waals surface area contributed by atoms with Crippen LogP contribution in [0.25, 0.3) is 0 Å². The highest BCUT2D eigenvalue weighted by atomic mass is 15.3. The maximum absolute atomic E-state index is 4.76. The molecule has 1 atom stereocenters. The summed E-state index contributed by atoms with van der Waals surface area (Å²) >= 11 is 0. The van der Waals surface area contributed by atoms with E-state index in [-0.39, 0.29) is 0 Å². The molecule has 1 aliphatic rings. The third-order valence-electron chi connectivity index (χ3n) is 4.42. The lowest BCUT2D eigenvalue weighted by Crippen LogP contribution is -2.49. The molecule has 0 spiro atoms. The van der Waals surface area contributed by atoms with Crippen LogP contribution in [-0.4, -0.2) is 79.6 Å². The number of nitrogens with zero attached hydrogens (tertiary/aromatic N) is 4. The van der Waals surface area contributed by atoms with Crippen LogP contribution in [0.1, 0.15) is 19.5 Å². The van der Waals surface area contributed by atoms with E-state index in [2.05, 4.69) is 52.4 Å². The standard InChI is InChI=1S/C18H32N6/c1-4-19-18(21-10-8-17-7-5-6-9-20-17)22-15-16(2)24-13-11-23(3)12-14-24/h5-7,9,16H,4,8,10-15H2,1-3H3,(H2,19,21,22). The molecule has 0 amide bonds. The number of hydrogen-bond donors (Lipinski definition) is 2. The molecular formula is C18H32N6. The molecule has 1 aliphatic heterocycles. The Hall–Kier alpha value is -1.66. The topological polar surface area (TPSA) is 55.8 Å². The molecule has 0 radical (unpaired) electrons. The molecule has 1 unspecified atom stereocenters. The van der Waals surface area contributed by atoms with Crippen LogP contribution >= 0.6 is 0 Å². The first kappa shape index (κ1) is 18.7. The Balaban J connectivity index is 1.77. The second-order valence-electron chi connectivity index (χ2n) is 6.41. The van der Waals surface area contributed by atoms with E-state index in [1.807, 2.05) is 18.3 Å². The minimum atomic E-state index is 0.477. The van der Waals surface area contributed by atoms with Gasteiger partial charge in [-0.15, -0.1) is 0 Å². The molecule has 1 aromatic rings. The Morgan fingerprint density at radius 3 is 2.71 bits per heavy atom. The maximum Gasteiger partial charge on any atom is 0.191 e. The van der Waals surface area contributed by atoms with Gasteiger partial charge in [-0.05, 0) is 33.0 Å². The summed E-state index contributed by atoms with van der Waals surface area (Å²) in [5.41, 5.74) is 1.10. The summed E-state index contributed by atoms with van der Waals surface area (Å²) in [6.07, 6.45) is 2.74. The number of guanidine groups is 1. The van der Waals surface area contributed by atoms with Crippen LogP contribution in [0, 0.1) is 0 Å². The summed E-state index contributed by atoms with van der Waals surface area (Å²) in [5.74, 6) is 0.898. The molecule has 0 aliphatic carbocycles. The van der Waals surface area contributed by atoms with Crippen molar-refractivity contribution in [2.45, 2.75) is 26.3 Å². The molecule has 0 saturated carbocycles. The fourth-order valence-electron chi connectivity index (χ4n) is 2.80. The lowest BCUT2D eigenvalue weighted by Gasteiger charge is -2.35. The van der Waals surface area contributed by atoms with Crippen LogP contribution in [0.2, 0.25) is 0 Å². The van der Waals surface area contributed by atoms with E-state index in [4.69, 9.17) is 4.99 Å². The number of rotatable bonds is 7. The van der Waals surface area contributed by atoms with Crippen molar-refractivity contribution in [1.29, 1.82) is 0 Å². The van der Waals surface area contributed by atoms with Crippen molar-refractivity contribution in [2.24, 2.45) is 4.99 Å². The van der Waals surface area contributed by atoms with Gasteiger partial charge in [0.2, 0.25) is 0 Å². The van der Waals surface area contributed by atoms with E-state index in [1.54, 1.807) is 0 Å². The molecule has 134 valence electrons. The fraction of sp³-hybridized carbons (Fsp3) is 0.667. The summed E-state index contributed by atoms with van der Waals surface area (Å²) in [7, 11) is 2.19. The van der Waals surface area contributed by atoms with Crippen molar-refractivity contribution >= 4 is 5.96 Å². The van der Waals surface area contributed by atoms with Gasteiger partial charge in [-0.1, -0.05) is 6.07 Å². The normalized spacial score (nSPS) is 18.4. The van der Waals surface area contributed by atoms with E-state index >= 15 is 0 Å². The van der Waals surface area contributed by atoms with Gasteiger partial charge in [-0.2, -0.15) is 0 Å². The van der Waals surface area contributed by atoms with Gasteiger partial charge >= 0.3 is 0 Å². The molecule has 0 bridgehead atoms. The number of likely N-dealkylation sites (N-methyl/N-ethyl adjacent to an activating group) is 1. The maximum atomic E-state index is 4.76. The Kier molecular flexibility index (Phi) is 7.98. The first-order chi connectivity index (χ1) is 11.7. The monoisotopic (exact) mass is 332 g/mol. The zero-order chi connectivity index (χ0) is 17.2. The lowest BCUT2D eigenvalue weighted by atomic mass is 10.2. The molecule has 2 heterocycles. The molecule has 0 aromatic carbocycles.